The minimum absolute atomic E-state index is 0.0410. The molecule has 1 spiro atoms. The first kappa shape index (κ1) is 14.7. The highest BCUT2D eigenvalue weighted by Gasteiger charge is 2.48. The van der Waals surface area contributed by atoms with E-state index in [9.17, 15) is 14.4 Å². The lowest BCUT2D eigenvalue weighted by Crippen LogP contribution is -2.48. The van der Waals surface area contributed by atoms with Crippen LogP contribution in [0.25, 0.3) is 0 Å². The summed E-state index contributed by atoms with van der Waals surface area (Å²) in [6.07, 6.45) is 3.74. The Morgan fingerprint density at radius 3 is 2.82 bits per heavy atom. The molecule has 1 aromatic heterocycles. The topological polar surface area (TPSA) is 86.4 Å². The Hall–Kier alpha value is -2.18. The molecule has 0 aliphatic carbocycles. The average Bonchev–Trinajstić information content (AvgIpc) is 2.89. The summed E-state index contributed by atoms with van der Waals surface area (Å²) < 4.78 is 0. The number of aryl methyl sites for hydroxylation is 1. The van der Waals surface area contributed by atoms with Gasteiger partial charge in [-0.25, -0.2) is 4.98 Å². The van der Waals surface area contributed by atoms with Crippen LogP contribution in [0.3, 0.4) is 0 Å². The Bertz CT molecular complexity index is 684. The number of aromatic amines is 1. The Labute approximate surface area is 128 Å². The summed E-state index contributed by atoms with van der Waals surface area (Å²) in [5, 5.41) is 0. The van der Waals surface area contributed by atoms with Crippen molar-refractivity contribution < 1.29 is 9.59 Å². The summed E-state index contributed by atoms with van der Waals surface area (Å²) in [5.41, 5.74) is -0.849. The number of carbonyl (C=O) groups is 2. The summed E-state index contributed by atoms with van der Waals surface area (Å²) >= 11 is 0. The number of piperidine rings is 1. The number of likely N-dealkylation sites (tertiary alicyclic amines) is 2. The molecular formula is C15H20N4O3. The molecule has 0 unspecified atom stereocenters. The largest absolute Gasteiger partial charge is 0.345 e. The molecule has 2 aliphatic rings. The number of aromatic nitrogens is 2. The Kier molecular flexibility index (Phi) is 3.50. The zero-order valence-corrected chi connectivity index (χ0v) is 12.9. The lowest BCUT2D eigenvalue weighted by molar-refractivity contribution is -0.143. The molecule has 7 nitrogen and oxygen atoms in total. The van der Waals surface area contributed by atoms with Crippen LogP contribution < -0.4 is 5.56 Å². The van der Waals surface area contributed by atoms with Crippen LogP contribution in [0.15, 0.2) is 11.0 Å². The Balaban J connectivity index is 1.81. The number of carbonyl (C=O) groups excluding carboxylic acids is 2. The van der Waals surface area contributed by atoms with Gasteiger partial charge < -0.3 is 14.8 Å². The molecule has 2 amide bonds. The van der Waals surface area contributed by atoms with E-state index < -0.39 is 11.0 Å². The fraction of sp³-hybridized carbons (Fsp3) is 0.600. The minimum Gasteiger partial charge on any atom is -0.345 e. The molecule has 0 saturated carbocycles. The summed E-state index contributed by atoms with van der Waals surface area (Å²) in [6.45, 7) is 3.33. The van der Waals surface area contributed by atoms with E-state index >= 15 is 0 Å². The molecule has 2 aliphatic heterocycles. The number of rotatable bonds is 1. The third-order valence-corrected chi connectivity index (χ3v) is 4.75. The van der Waals surface area contributed by atoms with E-state index in [1.54, 1.807) is 16.7 Å². The zero-order valence-electron chi connectivity index (χ0n) is 12.9. The monoisotopic (exact) mass is 304 g/mol. The van der Waals surface area contributed by atoms with Gasteiger partial charge in [-0.3, -0.25) is 14.4 Å². The zero-order chi connectivity index (χ0) is 15.9. The van der Waals surface area contributed by atoms with Gasteiger partial charge in [0.2, 0.25) is 5.91 Å². The van der Waals surface area contributed by atoms with Crippen LogP contribution in [0.5, 0.6) is 0 Å². The van der Waals surface area contributed by atoms with Crippen LogP contribution in [-0.2, 0) is 4.79 Å². The average molecular weight is 304 g/mol. The summed E-state index contributed by atoms with van der Waals surface area (Å²) in [5.74, 6) is 0.250. The molecule has 22 heavy (non-hydrogen) atoms. The van der Waals surface area contributed by atoms with Gasteiger partial charge in [0.05, 0.1) is 5.41 Å². The Morgan fingerprint density at radius 1 is 1.32 bits per heavy atom. The second kappa shape index (κ2) is 5.23. The molecule has 1 aromatic rings. The second-order valence-electron chi connectivity index (χ2n) is 6.30. The van der Waals surface area contributed by atoms with E-state index in [0.717, 1.165) is 19.4 Å². The van der Waals surface area contributed by atoms with Crippen molar-refractivity contribution >= 4 is 11.8 Å². The lowest BCUT2D eigenvalue weighted by atomic mass is 9.78. The third-order valence-electron chi connectivity index (χ3n) is 4.75. The number of nitrogens with zero attached hydrogens (tertiary/aromatic N) is 3. The van der Waals surface area contributed by atoms with Crippen LogP contribution in [0.1, 0.15) is 35.4 Å². The Morgan fingerprint density at radius 2 is 2.09 bits per heavy atom. The van der Waals surface area contributed by atoms with Gasteiger partial charge >= 0.3 is 0 Å². The highest BCUT2D eigenvalue weighted by Crippen LogP contribution is 2.39. The van der Waals surface area contributed by atoms with Crippen molar-refractivity contribution in [2.45, 2.75) is 26.2 Å². The normalized spacial score (nSPS) is 25.1. The standard InChI is InChI=1S/C15H20N4O3/c1-10-16-8-11(12(20)17-10)13(21)19-7-5-15(9-19)4-3-6-18(2)14(15)22/h8H,3-7,9H2,1-2H3,(H,16,17,20)/t15-/m1/s1. The summed E-state index contributed by atoms with van der Waals surface area (Å²) in [4.78, 5) is 46.8. The van der Waals surface area contributed by atoms with Crippen LogP contribution in [-0.4, -0.2) is 58.3 Å². The maximum Gasteiger partial charge on any atom is 0.263 e. The predicted octanol–water partition coefficient (Wildman–Crippen LogP) is 0.163. The van der Waals surface area contributed by atoms with Gasteiger partial charge in [0.25, 0.3) is 11.5 Å². The smallest absolute Gasteiger partial charge is 0.263 e. The molecule has 3 rings (SSSR count). The van der Waals surface area contributed by atoms with Crippen molar-refractivity contribution in [1.29, 1.82) is 0 Å². The highest BCUT2D eigenvalue weighted by molar-refractivity contribution is 5.95. The third kappa shape index (κ3) is 2.30. The minimum atomic E-state index is -0.465. The van der Waals surface area contributed by atoms with E-state index in [4.69, 9.17) is 0 Å². The molecule has 118 valence electrons. The number of hydrogen-bond acceptors (Lipinski definition) is 4. The van der Waals surface area contributed by atoms with E-state index in [1.807, 2.05) is 7.05 Å². The number of amides is 2. The molecule has 1 atom stereocenters. The molecular weight excluding hydrogens is 284 g/mol. The molecule has 2 fully saturated rings. The number of hydrogen-bond donors (Lipinski definition) is 1. The predicted molar refractivity (Wildman–Crippen MR) is 79.4 cm³/mol. The maximum atomic E-state index is 12.5. The first-order chi connectivity index (χ1) is 10.4. The number of H-pyrrole nitrogens is 1. The molecule has 3 heterocycles. The second-order valence-corrected chi connectivity index (χ2v) is 6.30. The van der Waals surface area contributed by atoms with Crippen molar-refractivity contribution in [1.82, 2.24) is 19.8 Å². The van der Waals surface area contributed by atoms with Crippen LogP contribution in [0, 0.1) is 12.3 Å². The van der Waals surface area contributed by atoms with E-state index in [2.05, 4.69) is 9.97 Å². The van der Waals surface area contributed by atoms with E-state index in [0.29, 0.717) is 25.3 Å². The van der Waals surface area contributed by atoms with E-state index in [-0.39, 0.29) is 17.4 Å². The van der Waals surface area contributed by atoms with Gasteiger partial charge in [0.1, 0.15) is 11.4 Å². The number of nitrogens with one attached hydrogen (secondary N) is 1. The molecule has 0 aromatic carbocycles. The first-order valence-corrected chi connectivity index (χ1v) is 7.54. The van der Waals surface area contributed by atoms with Gasteiger partial charge in [0.15, 0.2) is 0 Å². The van der Waals surface area contributed by atoms with Crippen molar-refractivity contribution in [3.05, 3.63) is 27.9 Å². The van der Waals surface area contributed by atoms with Gasteiger partial charge in [-0.15, -0.1) is 0 Å². The SMILES string of the molecule is Cc1ncc(C(=O)N2CC[C@]3(CCCN(C)C3=O)C2)c(=O)[nH]1. The fourth-order valence-corrected chi connectivity index (χ4v) is 3.50. The molecule has 0 bridgehead atoms. The highest BCUT2D eigenvalue weighted by atomic mass is 16.2. The summed E-state index contributed by atoms with van der Waals surface area (Å²) in [6, 6.07) is 0. The van der Waals surface area contributed by atoms with Gasteiger partial charge in [-0.2, -0.15) is 0 Å². The van der Waals surface area contributed by atoms with Crippen molar-refractivity contribution in [2.75, 3.05) is 26.7 Å². The molecule has 1 N–H and O–H groups in total. The maximum absolute atomic E-state index is 12.5. The van der Waals surface area contributed by atoms with Gasteiger partial charge in [-0.05, 0) is 26.2 Å². The summed E-state index contributed by atoms with van der Waals surface area (Å²) in [7, 11) is 1.81. The molecule has 0 radical (unpaired) electrons. The molecule has 2 saturated heterocycles. The van der Waals surface area contributed by atoms with E-state index in [1.165, 1.54) is 6.20 Å². The van der Waals surface area contributed by atoms with Crippen molar-refractivity contribution in [3.8, 4) is 0 Å². The molecule has 7 heteroatoms. The van der Waals surface area contributed by atoms with Crippen molar-refractivity contribution in [3.63, 3.8) is 0 Å². The first-order valence-electron chi connectivity index (χ1n) is 7.54. The van der Waals surface area contributed by atoms with Crippen LogP contribution >= 0.6 is 0 Å². The quantitative estimate of drug-likeness (QED) is 0.801. The van der Waals surface area contributed by atoms with Crippen molar-refractivity contribution in [2.24, 2.45) is 5.41 Å². The lowest BCUT2D eigenvalue weighted by Gasteiger charge is -2.37. The van der Waals surface area contributed by atoms with Gasteiger partial charge in [0, 0.05) is 32.9 Å². The fourth-order valence-electron chi connectivity index (χ4n) is 3.50. The van der Waals surface area contributed by atoms with Crippen LogP contribution in [0.4, 0.5) is 0 Å². The van der Waals surface area contributed by atoms with Gasteiger partial charge in [-0.1, -0.05) is 0 Å². The van der Waals surface area contributed by atoms with Crippen LogP contribution in [0.2, 0.25) is 0 Å².